The molecule has 2 aromatic rings. The molecular formula is C16H17ClFN. The Morgan fingerprint density at radius 3 is 2.53 bits per heavy atom. The normalized spacial score (nSPS) is 12.2. The second-order valence-corrected chi connectivity index (χ2v) is 4.98. The third-order valence-corrected chi connectivity index (χ3v) is 3.27. The topological polar surface area (TPSA) is 12.0 Å². The fraction of sp³-hybridized carbons (Fsp3) is 0.250. The molecule has 1 unspecified atom stereocenters. The first-order chi connectivity index (χ1) is 9.19. The standard InChI is InChI=1S/C16H17ClFN/c1-2-4-16(12-7-9-13(17)10-8-12)19-15-6-3-5-14(18)11-15/h3,5-11,16,19H,2,4H2,1H3. The molecule has 0 heterocycles. The summed E-state index contributed by atoms with van der Waals surface area (Å²) in [5.41, 5.74) is 1.96. The summed E-state index contributed by atoms with van der Waals surface area (Å²) < 4.78 is 13.2. The zero-order chi connectivity index (χ0) is 13.7. The van der Waals surface area contributed by atoms with E-state index in [1.807, 2.05) is 30.3 Å². The van der Waals surface area contributed by atoms with Gasteiger partial charge in [-0.05, 0) is 42.3 Å². The molecule has 1 atom stereocenters. The number of anilines is 1. The molecule has 0 saturated heterocycles. The Labute approximate surface area is 118 Å². The maximum absolute atomic E-state index is 13.2. The van der Waals surface area contributed by atoms with E-state index in [-0.39, 0.29) is 11.9 Å². The number of halogens is 2. The average Bonchev–Trinajstić information content (AvgIpc) is 2.39. The molecule has 0 aromatic heterocycles. The minimum atomic E-state index is -0.226. The first-order valence-corrected chi connectivity index (χ1v) is 6.84. The highest BCUT2D eigenvalue weighted by Gasteiger charge is 2.10. The van der Waals surface area contributed by atoms with Crippen LogP contribution in [-0.4, -0.2) is 0 Å². The predicted molar refractivity (Wildman–Crippen MR) is 79.1 cm³/mol. The largest absolute Gasteiger partial charge is 0.378 e. The van der Waals surface area contributed by atoms with Crippen molar-refractivity contribution in [1.82, 2.24) is 0 Å². The van der Waals surface area contributed by atoms with Crippen molar-refractivity contribution in [3.63, 3.8) is 0 Å². The van der Waals surface area contributed by atoms with Crippen molar-refractivity contribution in [2.75, 3.05) is 5.32 Å². The van der Waals surface area contributed by atoms with Crippen LogP contribution < -0.4 is 5.32 Å². The monoisotopic (exact) mass is 277 g/mol. The van der Waals surface area contributed by atoms with Crippen molar-refractivity contribution in [3.8, 4) is 0 Å². The fourth-order valence-corrected chi connectivity index (χ4v) is 2.21. The van der Waals surface area contributed by atoms with Crippen LogP contribution in [0.3, 0.4) is 0 Å². The summed E-state index contributed by atoms with van der Waals surface area (Å²) in [6, 6.07) is 14.5. The van der Waals surface area contributed by atoms with Gasteiger partial charge in [-0.3, -0.25) is 0 Å². The van der Waals surface area contributed by atoms with Gasteiger partial charge in [0.25, 0.3) is 0 Å². The second kappa shape index (κ2) is 6.58. The minimum absolute atomic E-state index is 0.170. The summed E-state index contributed by atoms with van der Waals surface area (Å²) in [5.74, 6) is -0.226. The molecule has 0 aliphatic rings. The van der Waals surface area contributed by atoms with Crippen LogP contribution >= 0.6 is 11.6 Å². The highest BCUT2D eigenvalue weighted by Crippen LogP contribution is 2.25. The Hall–Kier alpha value is -1.54. The van der Waals surface area contributed by atoms with E-state index in [2.05, 4.69) is 12.2 Å². The molecule has 1 nitrogen and oxygen atoms in total. The van der Waals surface area contributed by atoms with Gasteiger partial charge >= 0.3 is 0 Å². The summed E-state index contributed by atoms with van der Waals surface area (Å²) in [6.07, 6.45) is 2.04. The van der Waals surface area contributed by atoms with Gasteiger partial charge < -0.3 is 5.32 Å². The summed E-state index contributed by atoms with van der Waals surface area (Å²) in [7, 11) is 0. The van der Waals surface area contributed by atoms with Crippen LogP contribution in [0.1, 0.15) is 31.4 Å². The van der Waals surface area contributed by atoms with Crippen molar-refractivity contribution >= 4 is 17.3 Å². The van der Waals surface area contributed by atoms with Gasteiger partial charge in [0.2, 0.25) is 0 Å². The van der Waals surface area contributed by atoms with Gasteiger partial charge in [0.05, 0.1) is 6.04 Å². The molecule has 2 aromatic carbocycles. The van der Waals surface area contributed by atoms with Gasteiger partial charge in [0.15, 0.2) is 0 Å². The molecule has 2 rings (SSSR count). The molecule has 0 radical (unpaired) electrons. The van der Waals surface area contributed by atoms with Crippen LogP contribution in [0.5, 0.6) is 0 Å². The average molecular weight is 278 g/mol. The van der Waals surface area contributed by atoms with Crippen molar-refractivity contribution < 1.29 is 4.39 Å². The second-order valence-electron chi connectivity index (χ2n) is 4.55. The van der Waals surface area contributed by atoms with Crippen molar-refractivity contribution in [3.05, 3.63) is 64.9 Å². The summed E-state index contributed by atoms with van der Waals surface area (Å²) in [5, 5.41) is 4.10. The molecule has 3 heteroatoms. The zero-order valence-corrected chi connectivity index (χ0v) is 11.6. The summed E-state index contributed by atoms with van der Waals surface area (Å²) >= 11 is 5.90. The van der Waals surface area contributed by atoms with E-state index in [0.717, 1.165) is 29.1 Å². The molecular weight excluding hydrogens is 261 g/mol. The third kappa shape index (κ3) is 3.97. The number of benzene rings is 2. The number of nitrogens with one attached hydrogen (secondary N) is 1. The highest BCUT2D eigenvalue weighted by atomic mass is 35.5. The van der Waals surface area contributed by atoms with Gasteiger partial charge in [-0.2, -0.15) is 0 Å². The molecule has 0 amide bonds. The van der Waals surface area contributed by atoms with E-state index in [1.54, 1.807) is 6.07 Å². The molecule has 19 heavy (non-hydrogen) atoms. The van der Waals surface area contributed by atoms with Crippen LogP contribution in [0.2, 0.25) is 5.02 Å². The van der Waals surface area contributed by atoms with Gasteiger partial charge in [-0.15, -0.1) is 0 Å². The van der Waals surface area contributed by atoms with E-state index >= 15 is 0 Å². The molecule has 0 spiro atoms. The lowest BCUT2D eigenvalue weighted by atomic mass is 10.0. The lowest BCUT2D eigenvalue weighted by molar-refractivity contribution is 0.626. The van der Waals surface area contributed by atoms with Crippen molar-refractivity contribution in [2.45, 2.75) is 25.8 Å². The Morgan fingerprint density at radius 2 is 1.89 bits per heavy atom. The molecule has 0 aliphatic carbocycles. The summed E-state index contributed by atoms with van der Waals surface area (Å²) in [4.78, 5) is 0. The Bertz CT molecular complexity index is 525. The predicted octanol–water partition coefficient (Wildman–Crippen LogP) is 5.43. The Morgan fingerprint density at radius 1 is 1.16 bits per heavy atom. The fourth-order valence-electron chi connectivity index (χ4n) is 2.09. The maximum Gasteiger partial charge on any atom is 0.125 e. The van der Waals surface area contributed by atoms with Crippen LogP contribution in [0.15, 0.2) is 48.5 Å². The number of rotatable bonds is 5. The van der Waals surface area contributed by atoms with E-state index in [4.69, 9.17) is 11.6 Å². The lowest BCUT2D eigenvalue weighted by Gasteiger charge is -2.20. The number of hydrogen-bond donors (Lipinski definition) is 1. The van der Waals surface area contributed by atoms with Gasteiger partial charge in [-0.25, -0.2) is 4.39 Å². The molecule has 0 aliphatic heterocycles. The Kier molecular flexibility index (Phi) is 4.80. The Balaban J connectivity index is 2.18. The molecule has 0 saturated carbocycles. The van der Waals surface area contributed by atoms with Crippen LogP contribution in [0.25, 0.3) is 0 Å². The molecule has 1 N–H and O–H groups in total. The van der Waals surface area contributed by atoms with Crippen molar-refractivity contribution in [2.24, 2.45) is 0 Å². The smallest absolute Gasteiger partial charge is 0.125 e. The quantitative estimate of drug-likeness (QED) is 0.768. The van der Waals surface area contributed by atoms with E-state index in [0.29, 0.717) is 0 Å². The van der Waals surface area contributed by atoms with Gasteiger partial charge in [-0.1, -0.05) is 43.1 Å². The van der Waals surface area contributed by atoms with E-state index in [1.165, 1.54) is 12.1 Å². The van der Waals surface area contributed by atoms with E-state index < -0.39 is 0 Å². The lowest BCUT2D eigenvalue weighted by Crippen LogP contribution is -2.10. The first kappa shape index (κ1) is 13.9. The van der Waals surface area contributed by atoms with Gasteiger partial charge in [0, 0.05) is 10.7 Å². The zero-order valence-electron chi connectivity index (χ0n) is 10.9. The molecule has 0 fully saturated rings. The maximum atomic E-state index is 13.2. The van der Waals surface area contributed by atoms with Crippen LogP contribution in [0, 0.1) is 5.82 Å². The van der Waals surface area contributed by atoms with E-state index in [9.17, 15) is 4.39 Å². The minimum Gasteiger partial charge on any atom is -0.378 e. The van der Waals surface area contributed by atoms with Gasteiger partial charge in [0.1, 0.15) is 5.82 Å². The first-order valence-electron chi connectivity index (χ1n) is 6.46. The third-order valence-electron chi connectivity index (χ3n) is 3.02. The number of hydrogen-bond acceptors (Lipinski definition) is 1. The molecule has 0 bridgehead atoms. The van der Waals surface area contributed by atoms with Crippen LogP contribution in [0.4, 0.5) is 10.1 Å². The highest BCUT2D eigenvalue weighted by molar-refractivity contribution is 6.30. The SMILES string of the molecule is CCCC(Nc1cccc(F)c1)c1ccc(Cl)cc1. The molecule has 100 valence electrons. The van der Waals surface area contributed by atoms with Crippen LogP contribution in [-0.2, 0) is 0 Å². The van der Waals surface area contributed by atoms with Crippen molar-refractivity contribution in [1.29, 1.82) is 0 Å². The summed E-state index contributed by atoms with van der Waals surface area (Å²) in [6.45, 7) is 2.14.